The Labute approximate surface area is 89.2 Å². The van der Waals surface area contributed by atoms with Crippen LogP contribution in [0, 0.1) is 5.92 Å². The van der Waals surface area contributed by atoms with Crippen molar-refractivity contribution in [2.75, 3.05) is 6.54 Å². The minimum Gasteiger partial charge on any atom is -0.267 e. The highest BCUT2D eigenvalue weighted by atomic mass is 32.1. The molecule has 0 spiro atoms. The topological polar surface area (TPSA) is 12.0 Å². The van der Waals surface area contributed by atoms with Gasteiger partial charge in [-0.05, 0) is 18.8 Å². The van der Waals surface area contributed by atoms with Crippen LogP contribution in [0.3, 0.4) is 0 Å². The molecule has 0 radical (unpaired) electrons. The molecule has 0 heterocycles. The van der Waals surface area contributed by atoms with E-state index in [0.717, 1.165) is 12.5 Å². The van der Waals surface area contributed by atoms with Crippen molar-refractivity contribution in [2.45, 2.75) is 58.8 Å². The molecule has 0 aromatic rings. The fraction of sp³-hybridized carbons (Fsp3) is 1.00. The number of rotatable bonds is 9. The Hall–Kier alpha value is 0.310. The van der Waals surface area contributed by atoms with Crippen molar-refractivity contribution in [1.82, 2.24) is 4.72 Å². The summed E-state index contributed by atoms with van der Waals surface area (Å²) in [7, 11) is 0. The molecule has 0 fully saturated rings. The van der Waals surface area contributed by atoms with E-state index in [1.807, 2.05) is 0 Å². The summed E-state index contributed by atoms with van der Waals surface area (Å²) in [5.74, 6) is 0.901. The summed E-state index contributed by atoms with van der Waals surface area (Å²) in [5, 5.41) is 0. The zero-order chi connectivity index (χ0) is 9.94. The van der Waals surface area contributed by atoms with E-state index in [-0.39, 0.29) is 0 Å². The van der Waals surface area contributed by atoms with Gasteiger partial charge in [-0.1, -0.05) is 58.8 Å². The molecule has 0 aliphatic heterocycles. The van der Waals surface area contributed by atoms with Crippen LogP contribution in [-0.4, -0.2) is 6.54 Å². The maximum absolute atomic E-state index is 3.97. The van der Waals surface area contributed by atoms with Crippen LogP contribution in [-0.2, 0) is 0 Å². The second kappa shape index (κ2) is 10.4. The van der Waals surface area contributed by atoms with Crippen molar-refractivity contribution in [3.8, 4) is 0 Å². The molecule has 0 bridgehead atoms. The third-order valence-corrected chi connectivity index (χ3v) is 2.76. The van der Waals surface area contributed by atoms with Gasteiger partial charge in [0.1, 0.15) is 0 Å². The molecule has 0 aromatic carbocycles. The fourth-order valence-corrected chi connectivity index (χ4v) is 1.75. The van der Waals surface area contributed by atoms with Crippen molar-refractivity contribution in [2.24, 2.45) is 5.92 Å². The number of nitrogens with one attached hydrogen (secondary N) is 1. The summed E-state index contributed by atoms with van der Waals surface area (Å²) in [5.41, 5.74) is 0. The highest BCUT2D eigenvalue weighted by Crippen LogP contribution is 2.14. The quantitative estimate of drug-likeness (QED) is 0.429. The minimum atomic E-state index is 0.901. The van der Waals surface area contributed by atoms with Crippen LogP contribution in [0.2, 0.25) is 0 Å². The van der Waals surface area contributed by atoms with Gasteiger partial charge < -0.3 is 0 Å². The van der Waals surface area contributed by atoms with Gasteiger partial charge in [0.25, 0.3) is 0 Å². The molecule has 0 aliphatic carbocycles. The summed E-state index contributed by atoms with van der Waals surface area (Å²) in [6.07, 6.45) is 9.61. The molecule has 0 saturated heterocycles. The van der Waals surface area contributed by atoms with Crippen LogP contribution in [0.1, 0.15) is 58.8 Å². The van der Waals surface area contributed by atoms with Gasteiger partial charge in [0, 0.05) is 6.54 Å². The van der Waals surface area contributed by atoms with E-state index < -0.39 is 0 Å². The first kappa shape index (κ1) is 13.3. The predicted molar refractivity (Wildman–Crippen MR) is 64.1 cm³/mol. The average molecular weight is 203 g/mol. The lowest BCUT2D eigenvalue weighted by Crippen LogP contribution is -2.04. The zero-order valence-electron chi connectivity index (χ0n) is 9.18. The van der Waals surface area contributed by atoms with Crippen molar-refractivity contribution in [3.05, 3.63) is 0 Å². The first-order valence-corrected chi connectivity index (χ1v) is 6.13. The molecular weight excluding hydrogens is 178 g/mol. The number of hydrogen-bond acceptors (Lipinski definition) is 2. The Morgan fingerprint density at radius 2 is 1.77 bits per heavy atom. The summed E-state index contributed by atoms with van der Waals surface area (Å²) in [6, 6.07) is 0. The van der Waals surface area contributed by atoms with Gasteiger partial charge >= 0.3 is 0 Å². The highest BCUT2D eigenvalue weighted by Gasteiger charge is 2.00. The molecule has 2 heteroatoms. The second-order valence-electron chi connectivity index (χ2n) is 4.00. The summed E-state index contributed by atoms with van der Waals surface area (Å²) in [4.78, 5) is 0. The molecule has 1 N–H and O–H groups in total. The standard InChI is InChI=1S/C11H25NS/c1-3-4-5-6-8-11(2)9-7-10-12-13/h11-13H,3-10H2,1-2H3. The van der Waals surface area contributed by atoms with Gasteiger partial charge in [-0.15, -0.1) is 0 Å². The third kappa shape index (κ3) is 10.2. The number of hydrogen-bond donors (Lipinski definition) is 2. The van der Waals surface area contributed by atoms with Crippen LogP contribution in [0.25, 0.3) is 0 Å². The van der Waals surface area contributed by atoms with Gasteiger partial charge in [0.05, 0.1) is 0 Å². The average Bonchev–Trinajstić information content (AvgIpc) is 2.13. The molecular formula is C11H25NS. The third-order valence-electron chi connectivity index (χ3n) is 2.54. The summed E-state index contributed by atoms with van der Waals surface area (Å²) >= 11 is 3.97. The van der Waals surface area contributed by atoms with Gasteiger partial charge in [0.15, 0.2) is 0 Å². The fourth-order valence-electron chi connectivity index (χ4n) is 1.59. The Kier molecular flexibility index (Phi) is 10.6. The molecule has 0 saturated carbocycles. The molecule has 13 heavy (non-hydrogen) atoms. The normalized spacial score (nSPS) is 13.2. The monoisotopic (exact) mass is 203 g/mol. The highest BCUT2D eigenvalue weighted by molar-refractivity contribution is 7.78. The first-order valence-electron chi connectivity index (χ1n) is 5.68. The minimum absolute atomic E-state index is 0.901. The van der Waals surface area contributed by atoms with E-state index in [1.165, 1.54) is 44.9 Å². The van der Waals surface area contributed by atoms with Gasteiger partial charge in [-0.3, -0.25) is 4.72 Å². The van der Waals surface area contributed by atoms with Crippen LogP contribution >= 0.6 is 12.8 Å². The van der Waals surface area contributed by atoms with Crippen molar-refractivity contribution in [3.63, 3.8) is 0 Å². The van der Waals surface area contributed by atoms with Gasteiger partial charge in [-0.25, -0.2) is 0 Å². The molecule has 0 aliphatic rings. The lowest BCUT2D eigenvalue weighted by molar-refractivity contribution is 0.448. The van der Waals surface area contributed by atoms with Crippen molar-refractivity contribution >= 4 is 12.8 Å². The smallest absolute Gasteiger partial charge is 0.00562 e. The lowest BCUT2D eigenvalue weighted by atomic mass is 9.98. The van der Waals surface area contributed by atoms with Crippen molar-refractivity contribution < 1.29 is 0 Å². The Morgan fingerprint density at radius 1 is 1.08 bits per heavy atom. The molecule has 80 valence electrons. The maximum Gasteiger partial charge on any atom is 0.00562 e. The number of thiol groups is 1. The second-order valence-corrected chi connectivity index (χ2v) is 4.32. The summed E-state index contributed by atoms with van der Waals surface area (Å²) in [6.45, 7) is 5.68. The molecule has 1 unspecified atom stereocenters. The van der Waals surface area contributed by atoms with E-state index >= 15 is 0 Å². The molecule has 0 amide bonds. The van der Waals surface area contributed by atoms with E-state index in [0.29, 0.717) is 0 Å². The molecule has 1 atom stereocenters. The molecule has 0 rings (SSSR count). The Balaban J connectivity index is 3.05. The Morgan fingerprint density at radius 3 is 2.38 bits per heavy atom. The van der Waals surface area contributed by atoms with Crippen LogP contribution in [0.4, 0.5) is 0 Å². The summed E-state index contributed by atoms with van der Waals surface area (Å²) < 4.78 is 2.89. The molecule has 1 nitrogen and oxygen atoms in total. The largest absolute Gasteiger partial charge is 0.267 e. The van der Waals surface area contributed by atoms with Crippen LogP contribution in [0.5, 0.6) is 0 Å². The van der Waals surface area contributed by atoms with E-state index in [2.05, 4.69) is 31.4 Å². The van der Waals surface area contributed by atoms with Crippen molar-refractivity contribution in [1.29, 1.82) is 0 Å². The lowest BCUT2D eigenvalue weighted by Gasteiger charge is -2.10. The van der Waals surface area contributed by atoms with Gasteiger partial charge in [0.2, 0.25) is 0 Å². The van der Waals surface area contributed by atoms with E-state index in [4.69, 9.17) is 0 Å². The predicted octanol–water partition coefficient (Wildman–Crippen LogP) is 3.81. The van der Waals surface area contributed by atoms with Gasteiger partial charge in [-0.2, -0.15) is 0 Å². The Bertz CT molecular complexity index is 96.1. The first-order chi connectivity index (χ1) is 6.31. The molecule has 0 aromatic heterocycles. The zero-order valence-corrected chi connectivity index (χ0v) is 10.1. The van der Waals surface area contributed by atoms with E-state index in [9.17, 15) is 0 Å². The number of unbranched alkanes of at least 4 members (excludes halogenated alkanes) is 3. The van der Waals surface area contributed by atoms with Crippen LogP contribution < -0.4 is 4.72 Å². The van der Waals surface area contributed by atoms with Crippen LogP contribution in [0.15, 0.2) is 0 Å². The van der Waals surface area contributed by atoms with E-state index in [1.54, 1.807) is 0 Å². The SMILES string of the molecule is CCCCCCC(C)CCCNS. The maximum atomic E-state index is 3.97.